The van der Waals surface area contributed by atoms with Crippen molar-refractivity contribution in [2.45, 2.75) is 32.1 Å². The highest BCUT2D eigenvalue weighted by Crippen LogP contribution is 2.34. The normalized spacial score (nSPS) is 15.1. The van der Waals surface area contributed by atoms with E-state index in [-0.39, 0.29) is 18.0 Å². The molecule has 2 aromatic heterocycles. The molecule has 1 atom stereocenters. The first kappa shape index (κ1) is 20.8. The second-order valence-electron chi connectivity index (χ2n) is 7.30. The predicted molar refractivity (Wildman–Crippen MR) is 117 cm³/mol. The predicted octanol–water partition coefficient (Wildman–Crippen LogP) is 5.10. The lowest BCUT2D eigenvalue weighted by Crippen LogP contribution is -2.19. The average molecular weight is 410 g/mol. The van der Waals surface area contributed by atoms with Crippen LogP contribution in [-0.2, 0) is 6.42 Å². The van der Waals surface area contributed by atoms with Crippen LogP contribution in [0.3, 0.4) is 0 Å². The van der Waals surface area contributed by atoms with Crippen molar-refractivity contribution in [2.75, 3.05) is 11.9 Å². The standard InChI is InChI=1S/C23H23N3O2.ClH/c1-15-11-17(7-10-25-15)16-5-6-20-18(12-16)3-2-4-19(20)13-26-22-14-24-9-8-21(22)23(27)28;/h5-12,14,19,26H,2-4,13H2,1H3,(H,27,28);1H. The molecule has 150 valence electrons. The van der Waals surface area contributed by atoms with Gasteiger partial charge in [-0.3, -0.25) is 9.97 Å². The summed E-state index contributed by atoms with van der Waals surface area (Å²) in [5.74, 6) is -0.579. The Morgan fingerprint density at radius 3 is 2.79 bits per heavy atom. The van der Waals surface area contributed by atoms with Gasteiger partial charge < -0.3 is 10.4 Å². The van der Waals surface area contributed by atoms with Gasteiger partial charge in [-0.25, -0.2) is 4.79 Å². The Labute approximate surface area is 176 Å². The molecule has 1 aliphatic carbocycles. The molecule has 0 aliphatic heterocycles. The molecule has 0 bridgehead atoms. The maximum Gasteiger partial charge on any atom is 0.337 e. The Bertz CT molecular complexity index is 1020. The zero-order chi connectivity index (χ0) is 19.5. The molecule has 0 spiro atoms. The number of hydrogen-bond acceptors (Lipinski definition) is 4. The van der Waals surface area contributed by atoms with E-state index in [1.54, 1.807) is 6.20 Å². The first-order chi connectivity index (χ1) is 13.6. The van der Waals surface area contributed by atoms with Crippen LogP contribution in [0, 0.1) is 6.92 Å². The Hall–Kier alpha value is -2.92. The van der Waals surface area contributed by atoms with Gasteiger partial charge in [0.2, 0.25) is 0 Å². The highest BCUT2D eigenvalue weighted by Gasteiger charge is 2.21. The number of pyridine rings is 2. The van der Waals surface area contributed by atoms with Gasteiger partial charge in [0, 0.05) is 30.6 Å². The molecular formula is C23H24ClN3O2. The van der Waals surface area contributed by atoms with Crippen molar-refractivity contribution >= 4 is 24.1 Å². The number of carbonyl (C=O) groups is 1. The number of carboxylic acids is 1. The zero-order valence-corrected chi connectivity index (χ0v) is 17.1. The van der Waals surface area contributed by atoms with Crippen molar-refractivity contribution in [1.82, 2.24) is 9.97 Å². The van der Waals surface area contributed by atoms with Crippen molar-refractivity contribution in [1.29, 1.82) is 0 Å². The number of carboxylic acid groups (broad SMARTS) is 1. The van der Waals surface area contributed by atoms with Crippen LogP contribution >= 0.6 is 12.4 Å². The molecule has 0 saturated heterocycles. The molecule has 0 fully saturated rings. The third-order valence-electron chi connectivity index (χ3n) is 5.40. The van der Waals surface area contributed by atoms with Gasteiger partial charge in [0.05, 0.1) is 17.4 Å². The molecule has 29 heavy (non-hydrogen) atoms. The van der Waals surface area contributed by atoms with Gasteiger partial charge in [0.1, 0.15) is 0 Å². The van der Waals surface area contributed by atoms with E-state index in [1.165, 1.54) is 34.5 Å². The summed E-state index contributed by atoms with van der Waals surface area (Å²) in [6, 6.07) is 12.4. The van der Waals surface area contributed by atoms with E-state index >= 15 is 0 Å². The van der Waals surface area contributed by atoms with E-state index in [4.69, 9.17) is 0 Å². The number of aromatic nitrogens is 2. The number of nitrogens with zero attached hydrogens (tertiary/aromatic N) is 2. The minimum Gasteiger partial charge on any atom is -0.478 e. The molecule has 6 heteroatoms. The molecule has 2 heterocycles. The van der Waals surface area contributed by atoms with Gasteiger partial charge in [0.15, 0.2) is 0 Å². The topological polar surface area (TPSA) is 75.1 Å². The number of anilines is 1. The minimum absolute atomic E-state index is 0. The van der Waals surface area contributed by atoms with Gasteiger partial charge in [-0.15, -0.1) is 12.4 Å². The number of benzene rings is 1. The van der Waals surface area contributed by atoms with Crippen LogP contribution in [0.25, 0.3) is 11.1 Å². The van der Waals surface area contributed by atoms with Gasteiger partial charge in [-0.1, -0.05) is 18.2 Å². The van der Waals surface area contributed by atoms with Gasteiger partial charge >= 0.3 is 5.97 Å². The first-order valence-corrected chi connectivity index (χ1v) is 9.59. The molecule has 2 N–H and O–H groups in total. The lowest BCUT2D eigenvalue weighted by molar-refractivity contribution is 0.0698. The summed E-state index contributed by atoms with van der Waals surface area (Å²) < 4.78 is 0. The lowest BCUT2D eigenvalue weighted by Gasteiger charge is -2.27. The summed E-state index contributed by atoms with van der Waals surface area (Å²) in [5, 5.41) is 12.7. The van der Waals surface area contributed by atoms with Crippen LogP contribution in [0.4, 0.5) is 5.69 Å². The monoisotopic (exact) mass is 409 g/mol. The van der Waals surface area contributed by atoms with Crippen LogP contribution in [0.15, 0.2) is 55.0 Å². The Kier molecular flexibility index (Phi) is 6.49. The highest BCUT2D eigenvalue weighted by atomic mass is 35.5. The van der Waals surface area contributed by atoms with Crippen molar-refractivity contribution in [2.24, 2.45) is 0 Å². The third-order valence-corrected chi connectivity index (χ3v) is 5.40. The van der Waals surface area contributed by atoms with Gasteiger partial charge in [-0.2, -0.15) is 0 Å². The second-order valence-corrected chi connectivity index (χ2v) is 7.30. The number of aromatic carboxylic acids is 1. The number of nitrogens with one attached hydrogen (secondary N) is 1. The van der Waals surface area contributed by atoms with Gasteiger partial charge in [0.25, 0.3) is 0 Å². The quantitative estimate of drug-likeness (QED) is 0.612. The van der Waals surface area contributed by atoms with Crippen LogP contribution in [0.5, 0.6) is 0 Å². The van der Waals surface area contributed by atoms with Crippen LogP contribution in [0.2, 0.25) is 0 Å². The average Bonchev–Trinajstić information content (AvgIpc) is 2.72. The Morgan fingerprint density at radius 2 is 2.00 bits per heavy atom. The van der Waals surface area contributed by atoms with Crippen molar-refractivity contribution in [3.05, 3.63) is 77.4 Å². The summed E-state index contributed by atoms with van der Waals surface area (Å²) in [6.07, 6.45) is 8.25. The summed E-state index contributed by atoms with van der Waals surface area (Å²) in [5.41, 5.74) is 7.00. The zero-order valence-electron chi connectivity index (χ0n) is 16.3. The molecule has 5 nitrogen and oxygen atoms in total. The smallest absolute Gasteiger partial charge is 0.337 e. The van der Waals surface area contributed by atoms with Crippen LogP contribution in [0.1, 0.15) is 45.9 Å². The molecule has 1 aromatic carbocycles. The molecule has 3 aromatic rings. The van der Waals surface area contributed by atoms with Crippen molar-refractivity contribution in [3.8, 4) is 11.1 Å². The van der Waals surface area contributed by atoms with Crippen LogP contribution < -0.4 is 5.32 Å². The van der Waals surface area contributed by atoms with E-state index in [0.717, 1.165) is 25.0 Å². The van der Waals surface area contributed by atoms with E-state index in [0.29, 0.717) is 18.2 Å². The molecular weight excluding hydrogens is 386 g/mol. The molecule has 0 radical (unpaired) electrons. The summed E-state index contributed by atoms with van der Waals surface area (Å²) in [7, 11) is 0. The molecule has 4 rings (SSSR count). The summed E-state index contributed by atoms with van der Waals surface area (Å²) in [6.45, 7) is 2.71. The number of fused-ring (bicyclic) bond motifs is 1. The Morgan fingerprint density at radius 1 is 1.17 bits per heavy atom. The summed E-state index contributed by atoms with van der Waals surface area (Å²) in [4.78, 5) is 19.7. The van der Waals surface area contributed by atoms with Crippen molar-refractivity contribution < 1.29 is 9.90 Å². The third kappa shape index (κ3) is 4.57. The fourth-order valence-corrected chi connectivity index (χ4v) is 3.99. The fourth-order valence-electron chi connectivity index (χ4n) is 3.99. The highest BCUT2D eigenvalue weighted by molar-refractivity contribution is 5.93. The van der Waals surface area contributed by atoms with E-state index in [9.17, 15) is 9.90 Å². The largest absolute Gasteiger partial charge is 0.478 e. The van der Waals surface area contributed by atoms with Crippen molar-refractivity contribution in [3.63, 3.8) is 0 Å². The van der Waals surface area contributed by atoms with E-state index < -0.39 is 5.97 Å². The number of halogens is 1. The molecule has 1 unspecified atom stereocenters. The number of aryl methyl sites for hydroxylation is 2. The minimum atomic E-state index is -0.939. The molecule has 0 amide bonds. The number of rotatable bonds is 5. The van der Waals surface area contributed by atoms with Crippen LogP contribution in [-0.4, -0.2) is 27.6 Å². The second kappa shape index (κ2) is 9.05. The summed E-state index contributed by atoms with van der Waals surface area (Å²) >= 11 is 0. The van der Waals surface area contributed by atoms with Gasteiger partial charge in [-0.05, 0) is 66.6 Å². The maximum atomic E-state index is 11.4. The Balaban J connectivity index is 0.00000240. The first-order valence-electron chi connectivity index (χ1n) is 9.59. The van der Waals surface area contributed by atoms with E-state index in [1.807, 2.05) is 19.2 Å². The lowest BCUT2D eigenvalue weighted by atomic mass is 9.81. The fraction of sp³-hybridized carbons (Fsp3) is 0.261. The maximum absolute atomic E-state index is 11.4. The number of hydrogen-bond donors (Lipinski definition) is 2. The molecule has 0 saturated carbocycles. The SMILES string of the molecule is Cc1cc(-c2ccc3c(c2)CCCC3CNc2cnccc2C(=O)O)ccn1.Cl. The van der Waals surface area contributed by atoms with E-state index in [2.05, 4.69) is 39.6 Å². The molecule has 1 aliphatic rings.